The Bertz CT molecular complexity index is 524. The van der Waals surface area contributed by atoms with Crippen LogP contribution in [0.15, 0.2) is 18.2 Å². The van der Waals surface area contributed by atoms with Crippen LogP contribution in [0.5, 0.6) is 0 Å². The minimum Gasteiger partial charge on any atom is -0.391 e. The zero-order chi connectivity index (χ0) is 14.8. The average molecular weight is 288 g/mol. The van der Waals surface area contributed by atoms with Crippen molar-refractivity contribution in [1.29, 1.82) is 0 Å². The Morgan fingerprint density at radius 2 is 2.05 bits per heavy atom. The van der Waals surface area contributed by atoms with Crippen LogP contribution in [0.25, 0.3) is 0 Å². The molecule has 2 saturated heterocycles. The minimum absolute atomic E-state index is 0.0868. The van der Waals surface area contributed by atoms with Gasteiger partial charge >= 0.3 is 0 Å². The highest BCUT2D eigenvalue weighted by Crippen LogP contribution is 2.30. The number of carbonyl (C=O) groups excluding carboxylic acids is 1. The Morgan fingerprint density at radius 1 is 1.29 bits per heavy atom. The molecule has 2 aliphatic heterocycles. The number of likely N-dealkylation sites (tertiary alicyclic amines) is 1. The predicted octanol–water partition coefficient (Wildman–Crippen LogP) is 1.67. The molecule has 1 atom stereocenters. The quantitative estimate of drug-likeness (QED) is 0.870. The number of aliphatic hydroxyl groups excluding tert-OH is 1. The first-order valence-electron chi connectivity index (χ1n) is 7.94. The summed E-state index contributed by atoms with van der Waals surface area (Å²) < 4.78 is 0. The van der Waals surface area contributed by atoms with Crippen molar-refractivity contribution in [3.05, 3.63) is 34.9 Å². The molecule has 4 heteroatoms. The highest BCUT2D eigenvalue weighted by molar-refractivity contribution is 5.96. The maximum atomic E-state index is 12.8. The number of carbonyl (C=O) groups is 1. The van der Waals surface area contributed by atoms with Crippen molar-refractivity contribution in [2.45, 2.75) is 38.2 Å². The van der Waals surface area contributed by atoms with Gasteiger partial charge in [0.05, 0.1) is 6.10 Å². The number of aliphatic hydroxyl groups is 1. The summed E-state index contributed by atoms with van der Waals surface area (Å²) in [5.41, 5.74) is 3.15. The Kier molecular flexibility index (Phi) is 4.27. The summed E-state index contributed by atoms with van der Waals surface area (Å²) in [5, 5.41) is 13.0. The second-order valence-corrected chi connectivity index (χ2v) is 6.31. The number of hydrogen-bond donors (Lipinski definition) is 2. The van der Waals surface area contributed by atoms with E-state index in [1.807, 2.05) is 13.0 Å². The Morgan fingerprint density at radius 3 is 2.71 bits per heavy atom. The second kappa shape index (κ2) is 6.16. The van der Waals surface area contributed by atoms with E-state index in [2.05, 4.69) is 17.4 Å². The molecular formula is C17H24N2O2. The van der Waals surface area contributed by atoms with Crippen LogP contribution in [-0.4, -0.2) is 48.2 Å². The van der Waals surface area contributed by atoms with Crippen LogP contribution in [0, 0.1) is 6.92 Å². The van der Waals surface area contributed by atoms with Gasteiger partial charge in [-0.1, -0.05) is 17.7 Å². The van der Waals surface area contributed by atoms with Gasteiger partial charge in [0.2, 0.25) is 0 Å². The van der Waals surface area contributed by atoms with Crippen LogP contribution in [0.3, 0.4) is 0 Å². The van der Waals surface area contributed by atoms with Crippen LogP contribution in [-0.2, 0) is 0 Å². The normalized spacial score (nSPS) is 23.5. The number of nitrogens with zero attached hydrogens (tertiary/aromatic N) is 1. The smallest absolute Gasteiger partial charge is 0.254 e. The monoisotopic (exact) mass is 288 g/mol. The van der Waals surface area contributed by atoms with E-state index in [-0.39, 0.29) is 12.0 Å². The third-order valence-electron chi connectivity index (χ3n) is 4.67. The summed E-state index contributed by atoms with van der Waals surface area (Å²) in [5.74, 6) is 0.558. The van der Waals surface area contributed by atoms with Gasteiger partial charge in [0.25, 0.3) is 5.91 Å². The van der Waals surface area contributed by atoms with Gasteiger partial charge in [-0.15, -0.1) is 0 Å². The van der Waals surface area contributed by atoms with E-state index in [1.165, 1.54) is 5.56 Å². The number of β-amino-alcohol motifs (C(OH)–C–C–N with tert-alkyl or cyclic N) is 1. The third kappa shape index (κ3) is 3.11. The first-order valence-corrected chi connectivity index (χ1v) is 7.94. The SMILES string of the molecule is Cc1ccc(C2CCNCC2)c(C(=O)N2CCC(O)C2)c1. The second-order valence-electron chi connectivity index (χ2n) is 6.31. The number of amides is 1. The molecule has 1 unspecified atom stereocenters. The first-order chi connectivity index (χ1) is 10.1. The molecule has 0 radical (unpaired) electrons. The molecule has 21 heavy (non-hydrogen) atoms. The van der Waals surface area contributed by atoms with Crippen LogP contribution in [0.1, 0.15) is 46.7 Å². The lowest BCUT2D eigenvalue weighted by atomic mass is 9.86. The van der Waals surface area contributed by atoms with Gasteiger partial charge in [-0.05, 0) is 56.8 Å². The molecule has 2 aliphatic rings. The highest BCUT2D eigenvalue weighted by Gasteiger charge is 2.28. The van der Waals surface area contributed by atoms with Gasteiger partial charge < -0.3 is 15.3 Å². The van der Waals surface area contributed by atoms with E-state index >= 15 is 0 Å². The Balaban J connectivity index is 1.88. The van der Waals surface area contributed by atoms with Crippen molar-refractivity contribution >= 4 is 5.91 Å². The van der Waals surface area contributed by atoms with Crippen LogP contribution < -0.4 is 5.32 Å². The fraction of sp³-hybridized carbons (Fsp3) is 0.588. The molecule has 0 bridgehead atoms. The van der Waals surface area contributed by atoms with Gasteiger partial charge in [0, 0.05) is 18.7 Å². The topological polar surface area (TPSA) is 52.6 Å². The zero-order valence-corrected chi connectivity index (χ0v) is 12.6. The van der Waals surface area contributed by atoms with Crippen molar-refractivity contribution in [1.82, 2.24) is 10.2 Å². The maximum Gasteiger partial charge on any atom is 0.254 e. The lowest BCUT2D eigenvalue weighted by molar-refractivity contribution is 0.0763. The number of rotatable bonds is 2. The molecule has 0 saturated carbocycles. The summed E-state index contributed by atoms with van der Waals surface area (Å²) in [7, 11) is 0. The molecule has 0 aliphatic carbocycles. The van der Waals surface area contributed by atoms with Crippen molar-refractivity contribution in [2.24, 2.45) is 0 Å². The van der Waals surface area contributed by atoms with Crippen molar-refractivity contribution < 1.29 is 9.90 Å². The molecule has 1 aromatic carbocycles. The number of benzene rings is 1. The lowest BCUT2D eigenvalue weighted by Crippen LogP contribution is -2.32. The number of aryl methyl sites for hydroxylation is 1. The van der Waals surface area contributed by atoms with Crippen LogP contribution >= 0.6 is 0 Å². The predicted molar refractivity (Wildman–Crippen MR) is 82.6 cm³/mol. The first kappa shape index (κ1) is 14.5. The zero-order valence-electron chi connectivity index (χ0n) is 12.6. The van der Waals surface area contributed by atoms with E-state index < -0.39 is 0 Å². The molecule has 4 nitrogen and oxygen atoms in total. The number of piperidine rings is 1. The number of nitrogens with one attached hydrogen (secondary N) is 1. The van der Waals surface area contributed by atoms with Gasteiger partial charge in [-0.2, -0.15) is 0 Å². The van der Waals surface area contributed by atoms with E-state index in [0.717, 1.165) is 37.1 Å². The molecule has 2 heterocycles. The van der Waals surface area contributed by atoms with Gasteiger partial charge in [0.15, 0.2) is 0 Å². The standard InChI is InChI=1S/C17H24N2O2/c1-12-2-3-15(13-4-7-18-8-5-13)16(10-12)17(21)19-9-6-14(20)11-19/h2-3,10,13-14,18,20H,4-9,11H2,1H3. The fourth-order valence-electron chi connectivity index (χ4n) is 3.44. The molecule has 0 spiro atoms. The lowest BCUT2D eigenvalue weighted by Gasteiger charge is -2.26. The molecule has 3 rings (SSSR count). The maximum absolute atomic E-state index is 12.8. The Labute approximate surface area is 126 Å². The summed E-state index contributed by atoms with van der Waals surface area (Å²) >= 11 is 0. The molecule has 1 amide bonds. The molecule has 0 aromatic heterocycles. The Hall–Kier alpha value is -1.39. The molecule has 114 valence electrons. The fourth-order valence-corrected chi connectivity index (χ4v) is 3.44. The van der Waals surface area contributed by atoms with Crippen molar-refractivity contribution in [2.75, 3.05) is 26.2 Å². The summed E-state index contributed by atoms with van der Waals surface area (Å²) in [4.78, 5) is 14.6. The van der Waals surface area contributed by atoms with E-state index in [4.69, 9.17) is 0 Å². The molecular weight excluding hydrogens is 264 g/mol. The van der Waals surface area contributed by atoms with Gasteiger partial charge in [-0.3, -0.25) is 4.79 Å². The van der Waals surface area contributed by atoms with Crippen molar-refractivity contribution in [3.8, 4) is 0 Å². The van der Waals surface area contributed by atoms with E-state index in [1.54, 1.807) is 4.90 Å². The molecule has 2 N–H and O–H groups in total. The molecule has 1 aromatic rings. The van der Waals surface area contributed by atoms with Gasteiger partial charge in [0.1, 0.15) is 0 Å². The average Bonchev–Trinajstić information content (AvgIpc) is 2.94. The largest absolute Gasteiger partial charge is 0.391 e. The van der Waals surface area contributed by atoms with Gasteiger partial charge in [-0.25, -0.2) is 0 Å². The van der Waals surface area contributed by atoms with E-state index in [9.17, 15) is 9.90 Å². The molecule has 2 fully saturated rings. The number of hydrogen-bond acceptors (Lipinski definition) is 3. The van der Waals surface area contributed by atoms with Crippen molar-refractivity contribution in [3.63, 3.8) is 0 Å². The summed E-state index contributed by atoms with van der Waals surface area (Å²) in [6, 6.07) is 6.25. The summed E-state index contributed by atoms with van der Waals surface area (Å²) in [6.07, 6.45) is 2.51. The third-order valence-corrected chi connectivity index (χ3v) is 4.67. The van der Waals surface area contributed by atoms with Crippen LogP contribution in [0.2, 0.25) is 0 Å². The van der Waals surface area contributed by atoms with E-state index in [0.29, 0.717) is 25.4 Å². The highest BCUT2D eigenvalue weighted by atomic mass is 16.3. The van der Waals surface area contributed by atoms with Crippen LogP contribution in [0.4, 0.5) is 0 Å². The summed E-state index contributed by atoms with van der Waals surface area (Å²) in [6.45, 7) is 5.21. The minimum atomic E-state index is -0.360.